The molecule has 0 aliphatic rings. The van der Waals surface area contributed by atoms with Crippen LogP contribution in [0.15, 0.2) is 0 Å². The van der Waals surface area contributed by atoms with Gasteiger partial charge in [0.15, 0.2) is 0 Å². The lowest BCUT2D eigenvalue weighted by atomic mass is 11.2. The Balaban J connectivity index is 3.75. The standard InChI is InChI=1S/CH6N3O4P/c2-3-1(5)4-9(6,7)8/h2H2,(H4,3,4,5,6,7,8). The van der Waals surface area contributed by atoms with E-state index < -0.39 is 13.8 Å². The van der Waals surface area contributed by atoms with Crippen molar-refractivity contribution in [2.75, 3.05) is 0 Å². The number of rotatable bonds is 1. The Hall–Kier alpha value is -0.620. The van der Waals surface area contributed by atoms with Crippen molar-refractivity contribution in [2.24, 2.45) is 5.84 Å². The quantitative estimate of drug-likeness (QED) is 0.133. The molecule has 9 heavy (non-hydrogen) atoms. The summed E-state index contributed by atoms with van der Waals surface area (Å²) in [5.74, 6) is 4.47. The molecule has 0 saturated heterocycles. The summed E-state index contributed by atoms with van der Waals surface area (Å²) in [7, 11) is -4.48. The first-order valence-electron chi connectivity index (χ1n) is 1.80. The lowest BCUT2D eigenvalue weighted by Crippen LogP contribution is -2.38. The third-order valence-corrected chi connectivity index (χ3v) is 0.873. The minimum atomic E-state index is -4.48. The van der Waals surface area contributed by atoms with Crippen LogP contribution < -0.4 is 16.4 Å². The third-order valence-electron chi connectivity index (χ3n) is 0.378. The molecule has 0 fully saturated rings. The molecule has 6 N–H and O–H groups in total. The van der Waals surface area contributed by atoms with E-state index in [1.807, 2.05) is 0 Å². The van der Waals surface area contributed by atoms with E-state index in [0.29, 0.717) is 0 Å². The van der Waals surface area contributed by atoms with Gasteiger partial charge >= 0.3 is 13.8 Å². The minimum Gasteiger partial charge on any atom is -0.308 e. The van der Waals surface area contributed by atoms with Crippen LogP contribution in [0.1, 0.15) is 0 Å². The van der Waals surface area contributed by atoms with E-state index in [1.165, 1.54) is 10.5 Å². The third kappa shape index (κ3) is 5.25. The molecule has 0 bridgehead atoms. The Bertz CT molecular complexity index is 150. The van der Waals surface area contributed by atoms with Crippen LogP contribution in [0.5, 0.6) is 0 Å². The van der Waals surface area contributed by atoms with Gasteiger partial charge in [-0.15, -0.1) is 0 Å². The molecule has 0 aliphatic carbocycles. The molecule has 0 saturated carbocycles. The fraction of sp³-hybridized carbons (Fsp3) is 0. The molecule has 0 aromatic carbocycles. The summed E-state index contributed by atoms with van der Waals surface area (Å²) in [6.07, 6.45) is 0. The lowest BCUT2D eigenvalue weighted by Gasteiger charge is -2.03. The SMILES string of the molecule is NNC(=O)NP(=O)(O)O. The van der Waals surface area contributed by atoms with E-state index in [2.05, 4.69) is 5.84 Å². The number of carbonyl (C=O) groups is 1. The zero-order valence-corrected chi connectivity index (χ0v) is 5.13. The predicted octanol–water partition coefficient (Wildman–Crippen LogP) is -1.75. The summed E-state index contributed by atoms with van der Waals surface area (Å²) in [5, 5.41) is 1.26. The lowest BCUT2D eigenvalue weighted by molar-refractivity contribution is 0.242. The summed E-state index contributed by atoms with van der Waals surface area (Å²) < 4.78 is 9.87. The monoisotopic (exact) mass is 155 g/mol. The van der Waals surface area contributed by atoms with E-state index >= 15 is 0 Å². The van der Waals surface area contributed by atoms with Crippen molar-refractivity contribution in [3.63, 3.8) is 0 Å². The maximum absolute atomic E-state index is 9.99. The van der Waals surface area contributed by atoms with Crippen molar-refractivity contribution in [1.82, 2.24) is 10.5 Å². The molecule has 54 valence electrons. The highest BCUT2D eigenvalue weighted by Crippen LogP contribution is 2.27. The molecule has 0 radical (unpaired) electrons. The summed E-state index contributed by atoms with van der Waals surface area (Å²) >= 11 is 0. The maximum atomic E-state index is 9.99. The second kappa shape index (κ2) is 2.79. The fourth-order valence-corrected chi connectivity index (χ4v) is 0.494. The van der Waals surface area contributed by atoms with E-state index in [1.54, 1.807) is 0 Å². The summed E-state index contributed by atoms with van der Waals surface area (Å²) in [6, 6.07) is -1.12. The van der Waals surface area contributed by atoms with Gasteiger partial charge in [0, 0.05) is 0 Å². The molecule has 0 heterocycles. The van der Waals surface area contributed by atoms with Crippen LogP contribution in [-0.4, -0.2) is 15.8 Å². The van der Waals surface area contributed by atoms with Gasteiger partial charge < -0.3 is 9.79 Å². The second-order valence-corrected chi connectivity index (χ2v) is 2.44. The van der Waals surface area contributed by atoms with Crippen LogP contribution in [-0.2, 0) is 4.57 Å². The summed E-state index contributed by atoms with van der Waals surface area (Å²) in [5.41, 5.74) is 1.48. The zero-order valence-electron chi connectivity index (χ0n) is 4.24. The molecule has 2 amide bonds. The van der Waals surface area contributed by atoms with Crippen LogP contribution >= 0.6 is 7.75 Å². The first-order valence-corrected chi connectivity index (χ1v) is 3.41. The maximum Gasteiger partial charge on any atom is 0.431 e. The topological polar surface area (TPSA) is 125 Å². The molecule has 0 aromatic rings. The molecule has 0 aromatic heterocycles. The number of carbonyl (C=O) groups excluding carboxylic acids is 1. The van der Waals surface area contributed by atoms with E-state index in [9.17, 15) is 9.36 Å². The van der Waals surface area contributed by atoms with Gasteiger partial charge in [-0.25, -0.2) is 20.3 Å². The molecule has 0 unspecified atom stereocenters. The first kappa shape index (κ1) is 8.38. The average molecular weight is 155 g/mol. The van der Waals surface area contributed by atoms with Gasteiger partial charge in [0.25, 0.3) is 0 Å². The van der Waals surface area contributed by atoms with Crippen molar-refractivity contribution >= 4 is 13.8 Å². The number of hydrogen-bond acceptors (Lipinski definition) is 3. The Morgan fingerprint density at radius 3 is 2.11 bits per heavy atom. The van der Waals surface area contributed by atoms with Crippen LogP contribution in [0.2, 0.25) is 0 Å². The highest BCUT2D eigenvalue weighted by Gasteiger charge is 2.14. The van der Waals surface area contributed by atoms with Crippen molar-refractivity contribution in [1.29, 1.82) is 0 Å². The molecule has 0 rings (SSSR count). The summed E-state index contributed by atoms with van der Waals surface area (Å²) in [4.78, 5) is 26.0. The van der Waals surface area contributed by atoms with Crippen LogP contribution in [0.4, 0.5) is 4.79 Å². The Morgan fingerprint density at radius 1 is 1.56 bits per heavy atom. The van der Waals surface area contributed by atoms with Crippen molar-refractivity contribution in [3.8, 4) is 0 Å². The highest BCUT2D eigenvalue weighted by molar-refractivity contribution is 7.50. The number of nitrogens with two attached hydrogens (primary N) is 1. The minimum absolute atomic E-state index is 1.12. The fourth-order valence-electron chi connectivity index (χ4n) is 0.165. The normalized spacial score (nSPS) is 10.6. The van der Waals surface area contributed by atoms with Crippen LogP contribution in [0.3, 0.4) is 0 Å². The van der Waals surface area contributed by atoms with Crippen molar-refractivity contribution in [2.45, 2.75) is 0 Å². The Kier molecular flexibility index (Phi) is 2.60. The Labute approximate surface area is 50.4 Å². The molecular formula is CH6N3O4P. The van der Waals surface area contributed by atoms with E-state index in [0.717, 1.165) is 0 Å². The van der Waals surface area contributed by atoms with Crippen LogP contribution in [0.25, 0.3) is 0 Å². The number of amides is 2. The smallest absolute Gasteiger partial charge is 0.308 e. The second-order valence-electron chi connectivity index (χ2n) is 1.13. The number of hydrazine groups is 1. The van der Waals surface area contributed by atoms with Crippen molar-refractivity contribution < 1.29 is 19.1 Å². The first-order chi connectivity index (χ1) is 3.95. The van der Waals surface area contributed by atoms with Crippen LogP contribution in [0, 0.1) is 0 Å². The molecule has 0 aliphatic heterocycles. The van der Waals surface area contributed by atoms with Gasteiger partial charge in [-0.3, -0.25) is 5.43 Å². The molecular weight excluding hydrogens is 149 g/mol. The molecule has 0 atom stereocenters. The molecule has 0 spiro atoms. The highest BCUT2D eigenvalue weighted by atomic mass is 31.2. The zero-order chi connectivity index (χ0) is 7.49. The van der Waals surface area contributed by atoms with Gasteiger partial charge in [0.1, 0.15) is 0 Å². The average Bonchev–Trinajstić information content (AvgIpc) is 1.62. The largest absolute Gasteiger partial charge is 0.431 e. The van der Waals surface area contributed by atoms with Gasteiger partial charge in [0.2, 0.25) is 0 Å². The molecule has 7 nitrogen and oxygen atoms in total. The van der Waals surface area contributed by atoms with E-state index in [4.69, 9.17) is 9.79 Å². The van der Waals surface area contributed by atoms with Gasteiger partial charge in [-0.2, -0.15) is 0 Å². The van der Waals surface area contributed by atoms with Gasteiger partial charge in [-0.05, 0) is 0 Å². The summed E-state index contributed by atoms with van der Waals surface area (Å²) in [6.45, 7) is 0. The predicted molar refractivity (Wildman–Crippen MR) is 27.9 cm³/mol. The van der Waals surface area contributed by atoms with Crippen molar-refractivity contribution in [3.05, 3.63) is 0 Å². The van der Waals surface area contributed by atoms with E-state index in [-0.39, 0.29) is 0 Å². The Morgan fingerprint density at radius 2 is 2.00 bits per heavy atom. The molecule has 8 heteroatoms. The van der Waals surface area contributed by atoms with Gasteiger partial charge in [0.05, 0.1) is 0 Å². The number of urea groups is 1. The number of hydrogen-bond donors (Lipinski definition) is 5. The number of nitrogens with one attached hydrogen (secondary N) is 2. The van der Waals surface area contributed by atoms with Gasteiger partial charge in [-0.1, -0.05) is 0 Å².